The SMILES string of the molecule is COc1cc(-c2nnc(SCC(=O)Nc3ccccc3C(N)=O)n2C)cc(OC)c1OC. The standard InChI is InChI=1S/C21H23N5O5S/c1-26-20(12-9-15(29-2)18(31-4)16(10-12)30-3)24-25-21(26)32-11-17(27)23-14-8-6-5-7-13(14)19(22)28/h5-10H,11H2,1-4H3,(H2,22,28)(H,23,27). The number of ether oxygens (including phenoxy) is 3. The van der Waals surface area contributed by atoms with Gasteiger partial charge in [0.05, 0.1) is 38.3 Å². The number of benzene rings is 2. The van der Waals surface area contributed by atoms with Gasteiger partial charge in [-0.3, -0.25) is 9.59 Å². The third-order valence-corrected chi connectivity index (χ3v) is 5.58. The third-order valence-electron chi connectivity index (χ3n) is 4.56. The van der Waals surface area contributed by atoms with Gasteiger partial charge in [-0.2, -0.15) is 0 Å². The molecule has 0 saturated heterocycles. The van der Waals surface area contributed by atoms with Crippen LogP contribution < -0.4 is 25.3 Å². The Morgan fingerprint density at radius 2 is 1.72 bits per heavy atom. The zero-order valence-corrected chi connectivity index (χ0v) is 18.9. The Kier molecular flexibility index (Phi) is 7.21. The van der Waals surface area contributed by atoms with Gasteiger partial charge in [-0.15, -0.1) is 10.2 Å². The molecule has 0 aliphatic heterocycles. The van der Waals surface area contributed by atoms with Crippen LogP contribution in [0.25, 0.3) is 11.4 Å². The van der Waals surface area contributed by atoms with E-state index >= 15 is 0 Å². The molecule has 0 spiro atoms. The van der Waals surface area contributed by atoms with Crippen molar-refractivity contribution in [1.82, 2.24) is 14.8 Å². The van der Waals surface area contributed by atoms with Crippen LogP contribution in [0.5, 0.6) is 17.2 Å². The molecule has 0 atom stereocenters. The number of aromatic nitrogens is 3. The van der Waals surface area contributed by atoms with E-state index in [9.17, 15) is 9.59 Å². The van der Waals surface area contributed by atoms with Crippen molar-refractivity contribution in [2.75, 3.05) is 32.4 Å². The normalized spacial score (nSPS) is 10.5. The van der Waals surface area contributed by atoms with E-state index in [1.54, 1.807) is 48.0 Å². The monoisotopic (exact) mass is 457 g/mol. The molecule has 1 heterocycles. The van der Waals surface area contributed by atoms with Crippen LogP contribution in [0.2, 0.25) is 0 Å². The molecular formula is C21H23N5O5S. The molecule has 3 aromatic rings. The molecule has 0 saturated carbocycles. The predicted molar refractivity (Wildman–Crippen MR) is 120 cm³/mol. The number of methoxy groups -OCH3 is 3. The van der Waals surface area contributed by atoms with Gasteiger partial charge in [-0.1, -0.05) is 23.9 Å². The molecule has 3 rings (SSSR count). The minimum Gasteiger partial charge on any atom is -0.493 e. The van der Waals surface area contributed by atoms with Crippen molar-refractivity contribution in [1.29, 1.82) is 0 Å². The fourth-order valence-corrected chi connectivity index (χ4v) is 3.74. The van der Waals surface area contributed by atoms with Crippen LogP contribution in [0, 0.1) is 0 Å². The zero-order valence-electron chi connectivity index (χ0n) is 18.0. The summed E-state index contributed by atoms with van der Waals surface area (Å²) < 4.78 is 17.9. The number of amides is 2. The lowest BCUT2D eigenvalue weighted by Crippen LogP contribution is -2.19. The second-order valence-electron chi connectivity index (χ2n) is 6.53. The average molecular weight is 458 g/mol. The third kappa shape index (κ3) is 4.78. The molecular weight excluding hydrogens is 434 g/mol. The summed E-state index contributed by atoms with van der Waals surface area (Å²) in [6.07, 6.45) is 0. The van der Waals surface area contributed by atoms with Crippen LogP contribution >= 0.6 is 11.8 Å². The molecule has 0 aliphatic rings. The lowest BCUT2D eigenvalue weighted by Gasteiger charge is -2.14. The van der Waals surface area contributed by atoms with Gasteiger partial charge in [0.1, 0.15) is 0 Å². The second kappa shape index (κ2) is 10.1. The Morgan fingerprint density at radius 3 is 2.31 bits per heavy atom. The van der Waals surface area contributed by atoms with Crippen molar-refractivity contribution in [3.8, 4) is 28.6 Å². The number of para-hydroxylation sites is 1. The molecule has 0 bridgehead atoms. The molecule has 0 radical (unpaired) electrons. The number of nitrogens with one attached hydrogen (secondary N) is 1. The summed E-state index contributed by atoms with van der Waals surface area (Å²) in [5, 5.41) is 11.7. The number of rotatable bonds is 9. The maximum Gasteiger partial charge on any atom is 0.250 e. The van der Waals surface area contributed by atoms with Crippen LogP contribution in [0.15, 0.2) is 41.6 Å². The summed E-state index contributed by atoms with van der Waals surface area (Å²) in [5.74, 6) is 1.17. The van der Waals surface area contributed by atoms with Gasteiger partial charge in [0.25, 0.3) is 5.91 Å². The summed E-state index contributed by atoms with van der Waals surface area (Å²) in [5.41, 5.74) is 6.67. The van der Waals surface area contributed by atoms with Crippen molar-refractivity contribution >= 4 is 29.3 Å². The topological polar surface area (TPSA) is 131 Å². The van der Waals surface area contributed by atoms with Gasteiger partial charge in [-0.25, -0.2) is 0 Å². The molecule has 10 nitrogen and oxygen atoms in total. The van der Waals surface area contributed by atoms with Crippen molar-refractivity contribution in [2.45, 2.75) is 5.16 Å². The Labute approximate surface area is 189 Å². The number of thioether (sulfide) groups is 1. The van der Waals surface area contributed by atoms with Crippen LogP contribution in [0.4, 0.5) is 5.69 Å². The smallest absolute Gasteiger partial charge is 0.250 e. The minimum atomic E-state index is -0.614. The Balaban J connectivity index is 1.76. The average Bonchev–Trinajstić information content (AvgIpc) is 3.17. The first kappa shape index (κ1) is 22.9. The van der Waals surface area contributed by atoms with Crippen molar-refractivity contribution in [3.63, 3.8) is 0 Å². The van der Waals surface area contributed by atoms with Crippen LogP contribution in [0.1, 0.15) is 10.4 Å². The Bertz CT molecular complexity index is 1120. The van der Waals surface area contributed by atoms with E-state index in [4.69, 9.17) is 19.9 Å². The largest absolute Gasteiger partial charge is 0.493 e. The molecule has 32 heavy (non-hydrogen) atoms. The van der Waals surface area contributed by atoms with Gasteiger partial charge < -0.3 is 29.8 Å². The highest BCUT2D eigenvalue weighted by molar-refractivity contribution is 7.99. The maximum absolute atomic E-state index is 12.4. The van der Waals surface area contributed by atoms with Crippen LogP contribution in [-0.4, -0.2) is 53.7 Å². The lowest BCUT2D eigenvalue weighted by molar-refractivity contribution is -0.113. The highest BCUT2D eigenvalue weighted by Gasteiger charge is 2.19. The predicted octanol–water partition coefficient (Wildman–Crippen LogP) is 2.34. The Morgan fingerprint density at radius 1 is 1.06 bits per heavy atom. The van der Waals surface area contributed by atoms with E-state index in [0.717, 1.165) is 0 Å². The highest BCUT2D eigenvalue weighted by atomic mass is 32.2. The first-order chi connectivity index (χ1) is 15.4. The first-order valence-electron chi connectivity index (χ1n) is 9.40. The van der Waals surface area contributed by atoms with E-state index < -0.39 is 5.91 Å². The fraction of sp³-hybridized carbons (Fsp3) is 0.238. The minimum absolute atomic E-state index is 0.0638. The number of hydrogen-bond donors (Lipinski definition) is 2. The number of carbonyl (C=O) groups is 2. The first-order valence-corrected chi connectivity index (χ1v) is 10.4. The molecule has 1 aromatic heterocycles. The fourth-order valence-electron chi connectivity index (χ4n) is 3.03. The van der Waals surface area contributed by atoms with Gasteiger partial charge in [0, 0.05) is 12.6 Å². The molecule has 0 fully saturated rings. The molecule has 2 aromatic carbocycles. The molecule has 2 amide bonds. The number of nitrogens with two attached hydrogens (primary N) is 1. The van der Waals surface area contributed by atoms with Crippen molar-refractivity contribution in [2.24, 2.45) is 12.8 Å². The quantitative estimate of drug-likeness (QED) is 0.468. The maximum atomic E-state index is 12.4. The van der Waals surface area contributed by atoms with Gasteiger partial charge in [0.15, 0.2) is 22.5 Å². The molecule has 168 valence electrons. The number of hydrogen-bond acceptors (Lipinski definition) is 8. The van der Waals surface area contributed by atoms with E-state index in [0.29, 0.717) is 39.5 Å². The molecule has 0 aliphatic carbocycles. The lowest BCUT2D eigenvalue weighted by atomic mass is 10.1. The van der Waals surface area contributed by atoms with E-state index in [1.807, 2.05) is 0 Å². The van der Waals surface area contributed by atoms with E-state index in [1.165, 1.54) is 33.1 Å². The number of carbonyl (C=O) groups excluding carboxylic acids is 2. The number of anilines is 1. The number of primary amides is 1. The second-order valence-corrected chi connectivity index (χ2v) is 7.47. The van der Waals surface area contributed by atoms with Gasteiger partial charge >= 0.3 is 0 Å². The molecule has 11 heteroatoms. The summed E-state index contributed by atoms with van der Waals surface area (Å²) >= 11 is 1.21. The van der Waals surface area contributed by atoms with Gasteiger partial charge in [0.2, 0.25) is 11.7 Å². The van der Waals surface area contributed by atoms with Gasteiger partial charge in [-0.05, 0) is 24.3 Å². The molecule has 0 unspecified atom stereocenters. The summed E-state index contributed by atoms with van der Waals surface area (Å²) in [7, 11) is 6.40. The zero-order chi connectivity index (χ0) is 23.3. The van der Waals surface area contributed by atoms with Crippen molar-refractivity contribution < 1.29 is 23.8 Å². The van der Waals surface area contributed by atoms with E-state index in [-0.39, 0.29) is 17.2 Å². The van der Waals surface area contributed by atoms with Crippen LogP contribution in [-0.2, 0) is 11.8 Å². The van der Waals surface area contributed by atoms with Crippen LogP contribution in [0.3, 0.4) is 0 Å². The number of nitrogens with zero attached hydrogens (tertiary/aromatic N) is 3. The molecule has 3 N–H and O–H groups in total. The highest BCUT2D eigenvalue weighted by Crippen LogP contribution is 2.41. The van der Waals surface area contributed by atoms with E-state index in [2.05, 4.69) is 15.5 Å². The summed E-state index contributed by atoms with van der Waals surface area (Å²) in [6, 6.07) is 10.1. The summed E-state index contributed by atoms with van der Waals surface area (Å²) in [4.78, 5) is 23.9. The van der Waals surface area contributed by atoms with Crippen molar-refractivity contribution in [3.05, 3.63) is 42.0 Å². The summed E-state index contributed by atoms with van der Waals surface area (Å²) in [6.45, 7) is 0. The Hall–Kier alpha value is -3.73.